The third-order valence-electron chi connectivity index (χ3n) is 4.05. The highest BCUT2D eigenvalue weighted by Gasteiger charge is 2.28. The maximum Gasteiger partial charge on any atom is 0.310 e. The molecule has 8 nitrogen and oxygen atoms in total. The Bertz CT molecular complexity index is 850. The molecule has 2 rings (SSSR count). The predicted octanol–water partition coefficient (Wildman–Crippen LogP) is 3.05. The molecule has 0 aliphatic rings. The van der Waals surface area contributed by atoms with Gasteiger partial charge in [0.1, 0.15) is 5.69 Å². The molecule has 0 spiro atoms. The molecule has 0 heterocycles. The highest BCUT2D eigenvalue weighted by Crippen LogP contribution is 2.26. The molecule has 0 saturated carbocycles. The molecule has 8 heteroatoms. The Morgan fingerprint density at radius 1 is 1.15 bits per heavy atom. The van der Waals surface area contributed by atoms with Crippen molar-refractivity contribution in [3.05, 3.63) is 69.8 Å². The Morgan fingerprint density at radius 2 is 1.81 bits per heavy atom. The summed E-state index contributed by atoms with van der Waals surface area (Å²) in [4.78, 5) is 34.1. The van der Waals surface area contributed by atoms with E-state index in [1.54, 1.807) is 0 Å². The zero-order chi connectivity index (χ0) is 20.0. The lowest BCUT2D eigenvalue weighted by molar-refractivity contribution is -0.384. The summed E-state index contributed by atoms with van der Waals surface area (Å²) in [6, 6.07) is 13.5. The fraction of sp³-hybridized carbons (Fsp3) is 0.263. The number of amides is 1. The Morgan fingerprint density at radius 3 is 2.41 bits per heavy atom. The van der Waals surface area contributed by atoms with Gasteiger partial charge in [0.25, 0.3) is 11.6 Å². The van der Waals surface area contributed by atoms with Gasteiger partial charge in [0.05, 0.1) is 10.3 Å². The van der Waals surface area contributed by atoms with Crippen molar-refractivity contribution in [2.75, 3.05) is 11.9 Å². The van der Waals surface area contributed by atoms with Gasteiger partial charge in [-0.1, -0.05) is 30.3 Å². The number of nitro groups is 1. The van der Waals surface area contributed by atoms with E-state index in [4.69, 9.17) is 5.11 Å². The molecular weight excluding hydrogens is 350 g/mol. The van der Waals surface area contributed by atoms with Crippen LogP contribution in [0.1, 0.15) is 29.8 Å². The van der Waals surface area contributed by atoms with E-state index in [9.17, 15) is 19.7 Å². The van der Waals surface area contributed by atoms with Crippen molar-refractivity contribution < 1.29 is 19.6 Å². The van der Waals surface area contributed by atoms with Gasteiger partial charge in [-0.25, -0.2) is 0 Å². The maximum atomic E-state index is 12.2. The molecule has 0 aliphatic heterocycles. The fourth-order valence-corrected chi connectivity index (χ4v) is 2.25. The van der Waals surface area contributed by atoms with Gasteiger partial charge in [0, 0.05) is 24.7 Å². The van der Waals surface area contributed by atoms with Gasteiger partial charge >= 0.3 is 5.97 Å². The highest BCUT2D eigenvalue weighted by molar-refractivity contribution is 5.96. The number of aliphatic carboxylic acids is 1. The summed E-state index contributed by atoms with van der Waals surface area (Å²) in [7, 11) is 0. The lowest BCUT2D eigenvalue weighted by Crippen LogP contribution is -2.38. The fourth-order valence-electron chi connectivity index (χ4n) is 2.25. The SMILES string of the molecule is CC(C)(CNC(=O)c1ccc(NCc2ccccc2)c([N+](=O)[O-])c1)C(=O)O. The summed E-state index contributed by atoms with van der Waals surface area (Å²) >= 11 is 0. The van der Waals surface area contributed by atoms with Crippen molar-refractivity contribution >= 4 is 23.3 Å². The number of anilines is 1. The van der Waals surface area contributed by atoms with Gasteiger partial charge in [0.2, 0.25) is 0 Å². The predicted molar refractivity (Wildman–Crippen MR) is 101 cm³/mol. The van der Waals surface area contributed by atoms with E-state index in [1.807, 2.05) is 30.3 Å². The Balaban J connectivity index is 2.13. The summed E-state index contributed by atoms with van der Waals surface area (Å²) in [6.45, 7) is 3.27. The zero-order valence-corrected chi connectivity index (χ0v) is 15.1. The van der Waals surface area contributed by atoms with E-state index in [-0.39, 0.29) is 17.8 Å². The van der Waals surface area contributed by atoms with Crippen molar-refractivity contribution in [1.29, 1.82) is 0 Å². The van der Waals surface area contributed by atoms with E-state index < -0.39 is 22.2 Å². The second-order valence-corrected chi connectivity index (χ2v) is 6.70. The second kappa shape index (κ2) is 8.31. The van der Waals surface area contributed by atoms with Crippen molar-refractivity contribution in [2.45, 2.75) is 20.4 Å². The van der Waals surface area contributed by atoms with E-state index in [0.29, 0.717) is 12.2 Å². The van der Waals surface area contributed by atoms with Gasteiger partial charge < -0.3 is 15.7 Å². The minimum atomic E-state index is -1.14. The largest absolute Gasteiger partial charge is 0.481 e. The molecule has 2 aromatic carbocycles. The second-order valence-electron chi connectivity index (χ2n) is 6.70. The van der Waals surface area contributed by atoms with E-state index in [0.717, 1.165) is 5.56 Å². The number of carboxylic acids is 1. The summed E-state index contributed by atoms with van der Waals surface area (Å²) in [5, 5.41) is 26.0. The molecule has 1 amide bonds. The number of rotatable bonds is 8. The van der Waals surface area contributed by atoms with Crippen LogP contribution >= 0.6 is 0 Å². The molecule has 142 valence electrons. The summed E-state index contributed by atoms with van der Waals surface area (Å²) in [6.07, 6.45) is 0. The number of carboxylic acid groups (broad SMARTS) is 1. The van der Waals surface area contributed by atoms with Crippen LogP contribution in [0.25, 0.3) is 0 Å². The molecule has 0 bridgehead atoms. The van der Waals surface area contributed by atoms with E-state index in [1.165, 1.54) is 32.0 Å². The molecule has 0 unspecified atom stereocenters. The smallest absolute Gasteiger partial charge is 0.310 e. The minimum absolute atomic E-state index is 0.0909. The molecule has 3 N–H and O–H groups in total. The number of hydrogen-bond acceptors (Lipinski definition) is 5. The quantitative estimate of drug-likeness (QED) is 0.484. The first-order valence-electron chi connectivity index (χ1n) is 8.28. The standard InChI is InChI=1S/C19H21N3O5/c1-19(2,18(24)25)12-21-17(23)14-8-9-15(16(10-14)22(26)27)20-11-13-6-4-3-5-7-13/h3-10,20H,11-12H2,1-2H3,(H,21,23)(H,24,25). The van der Waals surface area contributed by atoms with Gasteiger partial charge in [-0.15, -0.1) is 0 Å². The van der Waals surface area contributed by atoms with Gasteiger partial charge in [-0.2, -0.15) is 0 Å². The summed E-state index contributed by atoms with van der Waals surface area (Å²) in [5.74, 6) is -1.61. The first-order valence-corrected chi connectivity index (χ1v) is 8.28. The van der Waals surface area contributed by atoms with Crippen molar-refractivity contribution in [2.24, 2.45) is 5.41 Å². The van der Waals surface area contributed by atoms with Crippen LogP contribution in [0.2, 0.25) is 0 Å². The monoisotopic (exact) mass is 371 g/mol. The average molecular weight is 371 g/mol. The number of carbonyl (C=O) groups is 2. The molecule has 2 aromatic rings. The number of carbonyl (C=O) groups excluding carboxylic acids is 1. The maximum absolute atomic E-state index is 12.2. The third-order valence-corrected chi connectivity index (χ3v) is 4.05. The Labute approximate surface area is 156 Å². The molecular formula is C19H21N3O5. The molecule has 27 heavy (non-hydrogen) atoms. The van der Waals surface area contributed by atoms with E-state index >= 15 is 0 Å². The van der Waals surface area contributed by atoms with Crippen LogP contribution in [-0.2, 0) is 11.3 Å². The minimum Gasteiger partial charge on any atom is -0.481 e. The molecule has 0 atom stereocenters. The van der Waals surface area contributed by atoms with Crippen LogP contribution < -0.4 is 10.6 Å². The van der Waals surface area contributed by atoms with Crippen LogP contribution in [0.3, 0.4) is 0 Å². The summed E-state index contributed by atoms with van der Waals surface area (Å²) in [5.41, 5.74) is -0.0151. The molecule has 0 fully saturated rings. The van der Waals surface area contributed by atoms with Crippen LogP contribution in [0, 0.1) is 15.5 Å². The summed E-state index contributed by atoms with van der Waals surface area (Å²) < 4.78 is 0. The number of nitrogens with one attached hydrogen (secondary N) is 2. The Hall–Kier alpha value is -3.42. The molecule has 0 aromatic heterocycles. The van der Waals surface area contributed by atoms with E-state index in [2.05, 4.69) is 10.6 Å². The van der Waals surface area contributed by atoms with Crippen LogP contribution in [-0.4, -0.2) is 28.5 Å². The van der Waals surface area contributed by atoms with Gasteiger partial charge in [0.15, 0.2) is 0 Å². The number of hydrogen-bond donors (Lipinski definition) is 3. The molecule has 0 saturated heterocycles. The molecule has 0 aliphatic carbocycles. The van der Waals surface area contributed by atoms with Crippen LogP contribution in [0.4, 0.5) is 11.4 Å². The Kier molecular flexibility index (Phi) is 6.12. The number of nitro benzene ring substituents is 1. The number of benzene rings is 2. The molecule has 0 radical (unpaired) electrons. The van der Waals surface area contributed by atoms with Crippen LogP contribution in [0.5, 0.6) is 0 Å². The van der Waals surface area contributed by atoms with Crippen LogP contribution in [0.15, 0.2) is 48.5 Å². The topological polar surface area (TPSA) is 122 Å². The third kappa shape index (κ3) is 5.27. The highest BCUT2D eigenvalue weighted by atomic mass is 16.6. The van der Waals surface area contributed by atoms with Crippen molar-refractivity contribution in [3.63, 3.8) is 0 Å². The normalized spacial score (nSPS) is 10.9. The average Bonchev–Trinajstić information content (AvgIpc) is 2.65. The first kappa shape index (κ1) is 19.9. The van der Waals surface area contributed by atoms with Crippen molar-refractivity contribution in [1.82, 2.24) is 5.32 Å². The van der Waals surface area contributed by atoms with Crippen molar-refractivity contribution in [3.8, 4) is 0 Å². The lowest BCUT2D eigenvalue weighted by atomic mass is 9.94. The lowest BCUT2D eigenvalue weighted by Gasteiger charge is -2.19. The first-order chi connectivity index (χ1) is 12.7. The zero-order valence-electron chi connectivity index (χ0n) is 15.1. The van der Waals surface area contributed by atoms with Gasteiger partial charge in [-0.05, 0) is 31.5 Å². The number of nitrogens with zero attached hydrogens (tertiary/aromatic N) is 1. The van der Waals surface area contributed by atoms with Gasteiger partial charge in [-0.3, -0.25) is 19.7 Å².